The molecular weight excluding hydrogens is 302 g/mol. The van der Waals surface area contributed by atoms with Gasteiger partial charge >= 0.3 is 0 Å². The van der Waals surface area contributed by atoms with E-state index in [0.717, 1.165) is 0 Å². The van der Waals surface area contributed by atoms with Crippen LogP contribution >= 0.6 is 11.6 Å². The van der Waals surface area contributed by atoms with Crippen LogP contribution < -0.4 is 14.8 Å². The molecule has 0 radical (unpaired) electrons. The molecule has 0 fully saturated rings. The number of nitrogens with one attached hydrogen (secondary N) is 1. The number of halogens is 1. The molecule has 0 saturated heterocycles. The maximum Gasteiger partial charge on any atom is 0.248 e. The van der Waals surface area contributed by atoms with Crippen molar-refractivity contribution in [1.82, 2.24) is 0 Å². The van der Waals surface area contributed by atoms with Gasteiger partial charge in [0.2, 0.25) is 5.91 Å². The average molecular weight is 318 g/mol. The van der Waals surface area contributed by atoms with Crippen LogP contribution in [0.4, 0.5) is 5.69 Å². The Kier molecular flexibility index (Phi) is 5.44. The number of rotatable bonds is 5. The molecule has 0 bridgehead atoms. The first-order valence-electron chi connectivity index (χ1n) is 6.59. The van der Waals surface area contributed by atoms with Crippen LogP contribution in [-0.4, -0.2) is 20.1 Å². The molecule has 0 heterocycles. The maximum absolute atomic E-state index is 12.0. The van der Waals surface area contributed by atoms with E-state index in [0.29, 0.717) is 27.8 Å². The molecule has 0 aliphatic heterocycles. The van der Waals surface area contributed by atoms with Crippen LogP contribution in [0.1, 0.15) is 5.56 Å². The molecule has 0 spiro atoms. The summed E-state index contributed by atoms with van der Waals surface area (Å²) in [6.07, 6.45) is 3.07. The number of carbonyl (C=O) groups is 1. The Hall–Kier alpha value is -2.46. The first-order valence-corrected chi connectivity index (χ1v) is 6.97. The van der Waals surface area contributed by atoms with E-state index < -0.39 is 0 Å². The summed E-state index contributed by atoms with van der Waals surface area (Å²) in [5.41, 5.74) is 1.34. The van der Waals surface area contributed by atoms with Crippen LogP contribution in [0.2, 0.25) is 5.02 Å². The van der Waals surface area contributed by atoms with Crippen LogP contribution in [0.5, 0.6) is 11.5 Å². The lowest BCUT2D eigenvalue weighted by Gasteiger charge is -2.09. The zero-order chi connectivity index (χ0) is 15.9. The third-order valence-electron chi connectivity index (χ3n) is 2.96. The highest BCUT2D eigenvalue weighted by molar-refractivity contribution is 6.30. The summed E-state index contributed by atoms with van der Waals surface area (Å²) in [5, 5.41) is 3.30. The predicted molar refractivity (Wildman–Crippen MR) is 88.7 cm³/mol. The quantitative estimate of drug-likeness (QED) is 0.848. The lowest BCUT2D eigenvalue weighted by Crippen LogP contribution is -2.07. The Labute approximate surface area is 134 Å². The van der Waals surface area contributed by atoms with Gasteiger partial charge in [0.05, 0.1) is 19.8 Å². The Morgan fingerprint density at radius 2 is 1.73 bits per heavy atom. The van der Waals surface area contributed by atoms with Crippen molar-refractivity contribution in [3.05, 3.63) is 59.1 Å². The summed E-state index contributed by atoms with van der Waals surface area (Å²) >= 11 is 5.88. The maximum atomic E-state index is 12.0. The lowest BCUT2D eigenvalue weighted by molar-refractivity contribution is -0.111. The molecule has 0 aromatic heterocycles. The van der Waals surface area contributed by atoms with E-state index in [1.165, 1.54) is 6.08 Å². The molecule has 114 valence electrons. The van der Waals surface area contributed by atoms with Crippen molar-refractivity contribution in [2.75, 3.05) is 19.5 Å². The molecule has 0 aliphatic carbocycles. The van der Waals surface area contributed by atoms with E-state index in [9.17, 15) is 4.79 Å². The topological polar surface area (TPSA) is 47.6 Å². The summed E-state index contributed by atoms with van der Waals surface area (Å²) in [6.45, 7) is 0. The van der Waals surface area contributed by atoms with Crippen LogP contribution in [0.15, 0.2) is 48.5 Å². The number of amides is 1. The number of hydrogen-bond donors (Lipinski definition) is 1. The fraction of sp³-hybridized carbons (Fsp3) is 0.118. The molecule has 0 unspecified atom stereocenters. The van der Waals surface area contributed by atoms with Crippen LogP contribution in [0, 0.1) is 0 Å². The molecule has 4 nitrogen and oxygen atoms in total. The summed E-state index contributed by atoms with van der Waals surface area (Å²) in [6, 6.07) is 12.4. The van der Waals surface area contributed by atoms with Gasteiger partial charge in [-0.25, -0.2) is 0 Å². The van der Waals surface area contributed by atoms with Gasteiger partial charge < -0.3 is 14.8 Å². The number of ether oxygens (including phenoxy) is 2. The Morgan fingerprint density at radius 1 is 1.09 bits per heavy atom. The summed E-state index contributed by atoms with van der Waals surface area (Å²) in [7, 11) is 3.14. The van der Waals surface area contributed by atoms with Gasteiger partial charge in [0.15, 0.2) is 0 Å². The average Bonchev–Trinajstić information content (AvgIpc) is 2.52. The highest BCUT2D eigenvalue weighted by atomic mass is 35.5. The summed E-state index contributed by atoms with van der Waals surface area (Å²) < 4.78 is 10.5. The van der Waals surface area contributed by atoms with Gasteiger partial charge in [0, 0.05) is 16.8 Å². The highest BCUT2D eigenvalue weighted by Crippen LogP contribution is 2.29. The van der Waals surface area contributed by atoms with Gasteiger partial charge in [-0.1, -0.05) is 23.7 Å². The zero-order valence-corrected chi connectivity index (χ0v) is 13.1. The molecule has 0 atom stereocenters. The van der Waals surface area contributed by atoms with Crippen molar-refractivity contribution in [3.63, 3.8) is 0 Å². The van der Waals surface area contributed by atoms with Gasteiger partial charge in [-0.05, 0) is 36.4 Å². The molecule has 2 aromatic carbocycles. The van der Waals surface area contributed by atoms with Crippen molar-refractivity contribution in [2.24, 2.45) is 0 Å². The molecule has 2 aromatic rings. The fourth-order valence-electron chi connectivity index (χ4n) is 1.95. The second-order valence-electron chi connectivity index (χ2n) is 4.41. The summed E-state index contributed by atoms with van der Waals surface area (Å²) in [4.78, 5) is 12.0. The predicted octanol–water partition coefficient (Wildman–Crippen LogP) is 4.01. The van der Waals surface area contributed by atoms with Crippen molar-refractivity contribution in [3.8, 4) is 11.5 Å². The van der Waals surface area contributed by atoms with Gasteiger partial charge in [0.1, 0.15) is 11.5 Å². The van der Waals surface area contributed by atoms with Crippen LogP contribution in [0.25, 0.3) is 6.08 Å². The highest BCUT2D eigenvalue weighted by Gasteiger charge is 2.07. The van der Waals surface area contributed by atoms with E-state index >= 15 is 0 Å². The third kappa shape index (κ3) is 4.02. The molecule has 5 heteroatoms. The van der Waals surface area contributed by atoms with Gasteiger partial charge in [-0.3, -0.25) is 4.79 Å². The van der Waals surface area contributed by atoms with Gasteiger partial charge in [0.25, 0.3) is 0 Å². The molecule has 0 saturated carbocycles. The van der Waals surface area contributed by atoms with E-state index in [4.69, 9.17) is 21.1 Å². The normalized spacial score (nSPS) is 10.5. The lowest BCUT2D eigenvalue weighted by atomic mass is 10.1. The van der Waals surface area contributed by atoms with E-state index in [-0.39, 0.29) is 5.91 Å². The monoisotopic (exact) mass is 317 g/mol. The second kappa shape index (κ2) is 7.52. The molecule has 0 aliphatic rings. The minimum atomic E-state index is -0.268. The van der Waals surface area contributed by atoms with Gasteiger partial charge in [-0.2, -0.15) is 0 Å². The van der Waals surface area contributed by atoms with Crippen molar-refractivity contribution in [1.29, 1.82) is 0 Å². The fourth-order valence-corrected chi connectivity index (χ4v) is 2.14. The van der Waals surface area contributed by atoms with E-state index in [1.807, 2.05) is 6.07 Å². The minimum Gasteiger partial charge on any atom is -0.496 e. The summed E-state index contributed by atoms with van der Waals surface area (Å²) in [5.74, 6) is 0.993. The molecule has 2 rings (SSSR count). The minimum absolute atomic E-state index is 0.268. The van der Waals surface area contributed by atoms with Crippen LogP contribution in [0.3, 0.4) is 0 Å². The van der Waals surface area contributed by atoms with Crippen molar-refractivity contribution >= 4 is 29.3 Å². The number of methoxy groups -OCH3 is 2. The third-order valence-corrected chi connectivity index (χ3v) is 3.19. The first-order chi connectivity index (χ1) is 10.6. The standard InChI is InChI=1S/C17H16ClNO3/c1-21-15-7-4-8-16(22-2)14(15)9-10-17(20)19-13-6-3-5-12(18)11-13/h3-11H,1-2H3,(H,19,20)/b10-9+. The molecule has 1 amide bonds. The van der Waals surface area contributed by atoms with E-state index in [2.05, 4.69) is 5.32 Å². The Morgan fingerprint density at radius 3 is 2.32 bits per heavy atom. The Bertz CT molecular complexity index is 676. The molecular formula is C17H16ClNO3. The number of anilines is 1. The number of hydrogen-bond acceptors (Lipinski definition) is 3. The first kappa shape index (κ1) is 15.9. The van der Waals surface area contributed by atoms with E-state index in [1.54, 1.807) is 56.7 Å². The Balaban J connectivity index is 2.16. The smallest absolute Gasteiger partial charge is 0.248 e. The largest absolute Gasteiger partial charge is 0.496 e. The number of benzene rings is 2. The van der Waals surface area contributed by atoms with Gasteiger partial charge in [-0.15, -0.1) is 0 Å². The second-order valence-corrected chi connectivity index (χ2v) is 4.85. The molecule has 22 heavy (non-hydrogen) atoms. The van der Waals surface area contributed by atoms with Crippen LogP contribution in [-0.2, 0) is 4.79 Å². The molecule has 1 N–H and O–H groups in total. The SMILES string of the molecule is COc1cccc(OC)c1/C=C/C(=O)Nc1cccc(Cl)c1. The van der Waals surface area contributed by atoms with Crippen molar-refractivity contribution in [2.45, 2.75) is 0 Å². The van der Waals surface area contributed by atoms with Crippen molar-refractivity contribution < 1.29 is 14.3 Å². The zero-order valence-electron chi connectivity index (χ0n) is 12.3. The number of carbonyl (C=O) groups excluding carboxylic acids is 1.